The highest BCUT2D eigenvalue weighted by atomic mass is 35.5. The molecule has 1 fully saturated rings. The second kappa shape index (κ2) is 8.64. The number of nitrogens with zero attached hydrogens (tertiary/aromatic N) is 3. The molecule has 1 aromatic carbocycles. The summed E-state index contributed by atoms with van der Waals surface area (Å²) < 4.78 is 0. The van der Waals surface area contributed by atoms with E-state index in [0.29, 0.717) is 6.54 Å². The van der Waals surface area contributed by atoms with Gasteiger partial charge in [0.15, 0.2) is 0 Å². The molecule has 0 bridgehead atoms. The highest BCUT2D eigenvalue weighted by molar-refractivity contribution is 7.11. The number of amides is 1. The zero-order chi connectivity index (χ0) is 20.4. The van der Waals surface area contributed by atoms with Crippen LogP contribution in [0.25, 0.3) is 0 Å². The van der Waals surface area contributed by atoms with Crippen LogP contribution < -0.4 is 0 Å². The number of piperidine rings is 1. The van der Waals surface area contributed by atoms with Gasteiger partial charge in [-0.1, -0.05) is 23.7 Å². The molecule has 0 aliphatic carbocycles. The van der Waals surface area contributed by atoms with E-state index in [1.54, 1.807) is 5.51 Å². The number of hydrogen-bond acceptors (Lipinski definition) is 4. The summed E-state index contributed by atoms with van der Waals surface area (Å²) in [6.07, 6.45) is 2.87. The lowest BCUT2D eigenvalue weighted by atomic mass is 9.92. The molecule has 1 atom stereocenters. The fourth-order valence-corrected chi connectivity index (χ4v) is 5.00. The molecule has 4 rings (SSSR count). The van der Waals surface area contributed by atoms with E-state index < -0.39 is 0 Å². The average molecular weight is 426 g/mol. The van der Waals surface area contributed by atoms with Gasteiger partial charge in [0, 0.05) is 35.4 Å². The molecule has 29 heavy (non-hydrogen) atoms. The van der Waals surface area contributed by atoms with Gasteiger partial charge in [0.1, 0.15) is 4.88 Å². The van der Waals surface area contributed by atoms with Gasteiger partial charge in [-0.3, -0.25) is 9.78 Å². The third-order valence-electron chi connectivity index (χ3n) is 5.40. The minimum Gasteiger partial charge on any atom is -0.337 e. The molecule has 3 aromatic rings. The Hall–Kier alpha value is -2.24. The maximum atomic E-state index is 12.9. The van der Waals surface area contributed by atoms with E-state index in [0.717, 1.165) is 52.8 Å². The summed E-state index contributed by atoms with van der Waals surface area (Å²) in [5.74, 6) is 0.362. The summed E-state index contributed by atoms with van der Waals surface area (Å²) in [4.78, 5) is 24.7. The largest absolute Gasteiger partial charge is 0.337 e. The van der Waals surface area contributed by atoms with Crippen molar-refractivity contribution < 1.29 is 4.79 Å². The highest BCUT2D eigenvalue weighted by Crippen LogP contribution is 2.29. The van der Waals surface area contributed by atoms with Crippen LogP contribution in [0.1, 0.15) is 56.6 Å². The number of aryl methyl sites for hydroxylation is 2. The van der Waals surface area contributed by atoms with Crippen LogP contribution in [0.4, 0.5) is 0 Å². The van der Waals surface area contributed by atoms with Crippen LogP contribution in [-0.2, 0) is 6.42 Å². The summed E-state index contributed by atoms with van der Waals surface area (Å²) in [6, 6.07) is 12.3. The molecule has 6 heteroatoms. The SMILES string of the molecule is Cc1cc(Cc2cccc(Cl)c2)cc([C@@H]2CCCN(C(=O)c3scnc3C)C2)n1. The molecule has 3 heterocycles. The van der Waals surface area contributed by atoms with Crippen molar-refractivity contribution in [2.45, 2.75) is 39.0 Å². The molecule has 150 valence electrons. The van der Waals surface area contributed by atoms with Crippen LogP contribution in [-0.4, -0.2) is 33.9 Å². The summed E-state index contributed by atoms with van der Waals surface area (Å²) in [5, 5.41) is 0.758. The number of halogens is 1. The molecule has 1 amide bonds. The first-order valence-corrected chi connectivity index (χ1v) is 11.2. The lowest BCUT2D eigenvalue weighted by Crippen LogP contribution is -2.39. The Bertz CT molecular complexity index is 1030. The number of aromatic nitrogens is 2. The average Bonchev–Trinajstić information content (AvgIpc) is 3.13. The van der Waals surface area contributed by atoms with Crippen LogP contribution in [0.5, 0.6) is 0 Å². The van der Waals surface area contributed by atoms with E-state index >= 15 is 0 Å². The Morgan fingerprint density at radius 2 is 2.10 bits per heavy atom. The van der Waals surface area contributed by atoms with Crippen LogP contribution >= 0.6 is 22.9 Å². The molecular weight excluding hydrogens is 402 g/mol. The van der Waals surface area contributed by atoms with Crippen LogP contribution in [0, 0.1) is 13.8 Å². The Morgan fingerprint density at radius 3 is 2.86 bits per heavy atom. The lowest BCUT2D eigenvalue weighted by Gasteiger charge is -2.32. The summed E-state index contributed by atoms with van der Waals surface area (Å²) in [5.41, 5.74) is 7.09. The topological polar surface area (TPSA) is 46.1 Å². The van der Waals surface area contributed by atoms with E-state index in [9.17, 15) is 4.79 Å². The van der Waals surface area contributed by atoms with Crippen molar-refractivity contribution in [1.82, 2.24) is 14.9 Å². The number of benzene rings is 1. The van der Waals surface area contributed by atoms with Gasteiger partial charge < -0.3 is 4.90 Å². The minimum absolute atomic E-state index is 0.0986. The van der Waals surface area contributed by atoms with Crippen molar-refractivity contribution in [3.8, 4) is 0 Å². The number of carbonyl (C=O) groups excluding carboxylic acids is 1. The van der Waals surface area contributed by atoms with Gasteiger partial charge in [0.25, 0.3) is 5.91 Å². The predicted octanol–water partition coefficient (Wildman–Crippen LogP) is 5.42. The predicted molar refractivity (Wildman–Crippen MR) is 118 cm³/mol. The van der Waals surface area contributed by atoms with Crippen molar-refractivity contribution in [3.05, 3.63) is 80.0 Å². The summed E-state index contributed by atoms with van der Waals surface area (Å²) >= 11 is 7.57. The molecule has 2 aromatic heterocycles. The fourth-order valence-electron chi connectivity index (χ4n) is 4.02. The number of rotatable bonds is 4. The summed E-state index contributed by atoms with van der Waals surface area (Å²) in [6.45, 7) is 5.45. The molecule has 0 radical (unpaired) electrons. The van der Waals surface area contributed by atoms with Crippen molar-refractivity contribution in [2.75, 3.05) is 13.1 Å². The molecule has 1 aliphatic heterocycles. The smallest absolute Gasteiger partial charge is 0.265 e. The highest BCUT2D eigenvalue weighted by Gasteiger charge is 2.28. The van der Waals surface area contributed by atoms with Crippen LogP contribution in [0.3, 0.4) is 0 Å². The fraction of sp³-hybridized carbons (Fsp3) is 0.348. The van der Waals surface area contributed by atoms with Gasteiger partial charge in [-0.25, -0.2) is 4.98 Å². The van der Waals surface area contributed by atoms with Gasteiger partial charge >= 0.3 is 0 Å². The summed E-state index contributed by atoms with van der Waals surface area (Å²) in [7, 11) is 0. The first-order chi connectivity index (χ1) is 14.0. The Labute approximate surface area is 180 Å². The molecule has 1 aliphatic rings. The van der Waals surface area contributed by atoms with Gasteiger partial charge in [-0.15, -0.1) is 11.3 Å². The number of carbonyl (C=O) groups is 1. The van der Waals surface area contributed by atoms with E-state index in [1.807, 2.05) is 36.9 Å². The van der Waals surface area contributed by atoms with Crippen molar-refractivity contribution in [1.29, 1.82) is 0 Å². The number of thiazole rings is 1. The molecule has 1 saturated heterocycles. The Kier molecular flexibility index (Phi) is 5.97. The van der Waals surface area contributed by atoms with Crippen molar-refractivity contribution in [3.63, 3.8) is 0 Å². The molecular formula is C23H24ClN3OS. The van der Waals surface area contributed by atoms with Gasteiger partial charge in [0.2, 0.25) is 0 Å². The van der Waals surface area contributed by atoms with Crippen molar-refractivity contribution in [2.24, 2.45) is 0 Å². The third kappa shape index (κ3) is 4.68. The molecule has 0 N–H and O–H groups in total. The maximum absolute atomic E-state index is 12.9. The first-order valence-electron chi connectivity index (χ1n) is 9.91. The molecule has 0 unspecified atom stereocenters. The minimum atomic E-state index is 0.0986. The zero-order valence-corrected chi connectivity index (χ0v) is 18.3. The lowest BCUT2D eigenvalue weighted by molar-refractivity contribution is 0.0710. The van der Waals surface area contributed by atoms with Gasteiger partial charge in [0.05, 0.1) is 11.2 Å². The van der Waals surface area contributed by atoms with E-state index in [-0.39, 0.29) is 11.8 Å². The zero-order valence-electron chi connectivity index (χ0n) is 16.7. The Balaban J connectivity index is 1.53. The number of likely N-dealkylation sites (tertiary alicyclic amines) is 1. The normalized spacial score (nSPS) is 16.8. The van der Waals surface area contributed by atoms with E-state index in [4.69, 9.17) is 16.6 Å². The monoisotopic (exact) mass is 425 g/mol. The second-order valence-electron chi connectivity index (χ2n) is 7.71. The van der Waals surface area contributed by atoms with Gasteiger partial charge in [-0.05, 0) is 68.5 Å². The van der Waals surface area contributed by atoms with E-state index in [1.165, 1.54) is 22.5 Å². The number of pyridine rings is 1. The first kappa shape index (κ1) is 20.0. The Morgan fingerprint density at radius 1 is 1.24 bits per heavy atom. The quantitative estimate of drug-likeness (QED) is 0.560. The maximum Gasteiger partial charge on any atom is 0.265 e. The van der Waals surface area contributed by atoms with Crippen LogP contribution in [0.15, 0.2) is 41.9 Å². The molecule has 0 spiro atoms. The van der Waals surface area contributed by atoms with Crippen LogP contribution in [0.2, 0.25) is 5.02 Å². The molecule has 0 saturated carbocycles. The van der Waals surface area contributed by atoms with Crippen molar-refractivity contribution >= 4 is 28.8 Å². The standard InChI is InChI=1S/C23H24ClN3OS/c1-15-9-18(10-17-5-3-7-20(24)11-17)12-21(26-15)19-6-4-8-27(13-19)23(28)22-16(2)25-14-29-22/h3,5,7,9,11-12,14,19H,4,6,8,10,13H2,1-2H3/t19-/m1/s1. The second-order valence-corrected chi connectivity index (χ2v) is 9.00. The molecule has 4 nitrogen and oxygen atoms in total. The number of hydrogen-bond donors (Lipinski definition) is 0. The van der Waals surface area contributed by atoms with Gasteiger partial charge in [-0.2, -0.15) is 0 Å². The van der Waals surface area contributed by atoms with E-state index in [2.05, 4.69) is 23.2 Å². The third-order valence-corrected chi connectivity index (χ3v) is 6.55.